The van der Waals surface area contributed by atoms with Crippen LogP contribution in [-0.2, 0) is 6.54 Å². The van der Waals surface area contributed by atoms with Crippen molar-refractivity contribution in [3.63, 3.8) is 0 Å². The minimum atomic E-state index is -0.173. The highest BCUT2D eigenvalue weighted by molar-refractivity contribution is 7.80. The number of nitrogens with zero attached hydrogens (tertiary/aromatic N) is 3. The lowest BCUT2D eigenvalue weighted by atomic mass is 9.94. The lowest BCUT2D eigenvalue weighted by molar-refractivity contribution is 0.396. The average Bonchev–Trinajstić information content (AvgIpc) is 3.50. The van der Waals surface area contributed by atoms with Gasteiger partial charge in [0.05, 0.1) is 23.0 Å². The molecule has 0 spiro atoms. The molecular formula is C25H22N4OS2. The molecule has 0 amide bonds. The largest absolute Gasteiger partial charge is 0.351 e. The Morgan fingerprint density at radius 3 is 2.56 bits per heavy atom. The van der Waals surface area contributed by atoms with E-state index in [-0.39, 0.29) is 6.04 Å². The number of rotatable bonds is 5. The molecule has 0 fully saturated rings. The zero-order valence-electron chi connectivity index (χ0n) is 17.8. The normalized spacial score (nSPS) is 16.4. The van der Waals surface area contributed by atoms with E-state index in [2.05, 4.69) is 65.6 Å². The summed E-state index contributed by atoms with van der Waals surface area (Å²) in [6.45, 7) is 4.86. The lowest BCUT2D eigenvalue weighted by Crippen LogP contribution is -2.45. The molecule has 1 aliphatic heterocycles. The van der Waals surface area contributed by atoms with E-state index < -0.39 is 0 Å². The van der Waals surface area contributed by atoms with Crippen LogP contribution in [-0.4, -0.2) is 20.2 Å². The quantitative estimate of drug-likeness (QED) is 0.372. The molecule has 0 aliphatic carbocycles. The molecule has 1 N–H and O–H groups in total. The number of thiophene rings is 1. The highest BCUT2D eigenvalue weighted by Crippen LogP contribution is 2.38. The zero-order valence-corrected chi connectivity index (χ0v) is 19.4. The summed E-state index contributed by atoms with van der Waals surface area (Å²) >= 11 is 7.40. The predicted molar refractivity (Wildman–Crippen MR) is 132 cm³/mol. The van der Waals surface area contributed by atoms with Crippen LogP contribution in [0.15, 0.2) is 82.3 Å². The topological polar surface area (TPSA) is 54.2 Å². The molecule has 32 heavy (non-hydrogen) atoms. The van der Waals surface area contributed by atoms with Crippen molar-refractivity contribution in [2.45, 2.75) is 26.4 Å². The van der Waals surface area contributed by atoms with Crippen molar-refractivity contribution in [3.8, 4) is 10.7 Å². The number of hydrogen-bond donors (Lipinski definition) is 1. The summed E-state index contributed by atoms with van der Waals surface area (Å²) in [4.78, 5) is 7.84. The monoisotopic (exact) mass is 458 g/mol. The summed E-state index contributed by atoms with van der Waals surface area (Å²) in [5.41, 5.74) is 5.49. The summed E-state index contributed by atoms with van der Waals surface area (Å²) in [5, 5.41) is 10.5. The third-order valence-electron chi connectivity index (χ3n) is 5.72. The Bertz CT molecular complexity index is 1280. The van der Waals surface area contributed by atoms with Crippen LogP contribution in [0, 0.1) is 6.92 Å². The highest BCUT2D eigenvalue weighted by atomic mass is 32.1. The second kappa shape index (κ2) is 8.68. The van der Waals surface area contributed by atoms with Crippen molar-refractivity contribution in [1.82, 2.24) is 20.4 Å². The highest BCUT2D eigenvalue weighted by Gasteiger charge is 2.34. The van der Waals surface area contributed by atoms with Crippen LogP contribution in [0.4, 0.5) is 0 Å². The Labute approximate surface area is 196 Å². The summed E-state index contributed by atoms with van der Waals surface area (Å²) in [6, 6.07) is 22.4. The van der Waals surface area contributed by atoms with Crippen molar-refractivity contribution in [2.75, 3.05) is 0 Å². The van der Waals surface area contributed by atoms with Crippen LogP contribution in [0.2, 0.25) is 0 Å². The van der Waals surface area contributed by atoms with Gasteiger partial charge in [-0.1, -0.05) is 65.8 Å². The fourth-order valence-corrected chi connectivity index (χ4v) is 4.91. The number of aromatic nitrogens is 2. The minimum Gasteiger partial charge on any atom is -0.351 e. The fourth-order valence-electron chi connectivity index (χ4n) is 3.94. The van der Waals surface area contributed by atoms with Crippen LogP contribution in [0.1, 0.15) is 35.5 Å². The number of allylic oxidation sites excluding steroid dienone is 1. The van der Waals surface area contributed by atoms with E-state index in [0.29, 0.717) is 23.4 Å². The minimum absolute atomic E-state index is 0.173. The van der Waals surface area contributed by atoms with E-state index in [1.54, 1.807) is 11.3 Å². The van der Waals surface area contributed by atoms with Gasteiger partial charge in [0, 0.05) is 5.70 Å². The number of nitrogens with one attached hydrogen (secondary N) is 1. The van der Waals surface area contributed by atoms with Crippen molar-refractivity contribution >= 4 is 34.2 Å². The van der Waals surface area contributed by atoms with Gasteiger partial charge < -0.3 is 14.7 Å². The van der Waals surface area contributed by atoms with Gasteiger partial charge in [-0.15, -0.1) is 11.3 Å². The number of hydrogen-bond acceptors (Lipinski definition) is 5. The zero-order chi connectivity index (χ0) is 22.1. The van der Waals surface area contributed by atoms with Gasteiger partial charge in [-0.3, -0.25) is 0 Å². The van der Waals surface area contributed by atoms with E-state index >= 15 is 0 Å². The Balaban J connectivity index is 1.61. The second-order valence-electron chi connectivity index (χ2n) is 7.71. The number of benzene rings is 2. The molecule has 4 aromatic rings. The molecule has 5 nitrogen and oxygen atoms in total. The molecule has 0 bridgehead atoms. The molecule has 1 unspecified atom stereocenters. The number of aryl methyl sites for hydroxylation is 1. The van der Waals surface area contributed by atoms with Gasteiger partial charge >= 0.3 is 0 Å². The first-order chi connectivity index (χ1) is 15.6. The predicted octanol–water partition coefficient (Wildman–Crippen LogP) is 5.97. The second-order valence-corrected chi connectivity index (χ2v) is 9.04. The third kappa shape index (κ3) is 3.85. The van der Waals surface area contributed by atoms with Crippen LogP contribution < -0.4 is 5.32 Å². The Morgan fingerprint density at radius 2 is 1.81 bits per heavy atom. The van der Waals surface area contributed by atoms with Crippen LogP contribution >= 0.6 is 23.6 Å². The first-order valence-corrected chi connectivity index (χ1v) is 11.7. The van der Waals surface area contributed by atoms with Crippen LogP contribution in [0.5, 0.6) is 0 Å². The summed E-state index contributed by atoms with van der Waals surface area (Å²) < 4.78 is 5.79. The van der Waals surface area contributed by atoms with Gasteiger partial charge in [0.2, 0.25) is 5.82 Å². The van der Waals surface area contributed by atoms with Crippen molar-refractivity contribution in [3.05, 3.63) is 100 Å². The summed E-state index contributed by atoms with van der Waals surface area (Å²) in [7, 11) is 0. The summed E-state index contributed by atoms with van der Waals surface area (Å²) in [6.07, 6.45) is 0. The van der Waals surface area contributed by atoms with Crippen molar-refractivity contribution < 1.29 is 4.52 Å². The van der Waals surface area contributed by atoms with Gasteiger partial charge in [0.1, 0.15) is 0 Å². The molecule has 5 rings (SSSR count). The Morgan fingerprint density at radius 1 is 1.03 bits per heavy atom. The van der Waals surface area contributed by atoms with E-state index in [0.717, 1.165) is 21.7 Å². The van der Waals surface area contributed by atoms with Crippen molar-refractivity contribution in [2.24, 2.45) is 0 Å². The molecule has 1 aliphatic rings. The molecule has 3 heterocycles. The lowest BCUT2D eigenvalue weighted by Gasteiger charge is -2.37. The maximum absolute atomic E-state index is 5.81. The first kappa shape index (κ1) is 20.6. The first-order valence-electron chi connectivity index (χ1n) is 10.4. The van der Waals surface area contributed by atoms with Gasteiger partial charge in [0.15, 0.2) is 5.11 Å². The number of thiocarbonyl (C=S) groups is 1. The molecule has 0 saturated carbocycles. The van der Waals surface area contributed by atoms with Gasteiger partial charge in [-0.25, -0.2) is 0 Å². The van der Waals surface area contributed by atoms with E-state index in [1.165, 1.54) is 11.1 Å². The van der Waals surface area contributed by atoms with Gasteiger partial charge in [0.25, 0.3) is 5.89 Å². The fraction of sp³-hybridized carbons (Fsp3) is 0.160. The van der Waals surface area contributed by atoms with Gasteiger partial charge in [-0.05, 0) is 54.2 Å². The summed E-state index contributed by atoms with van der Waals surface area (Å²) in [5.74, 6) is 1.10. The van der Waals surface area contributed by atoms with Crippen LogP contribution in [0.3, 0.4) is 0 Å². The molecule has 2 aromatic heterocycles. The van der Waals surface area contributed by atoms with Crippen molar-refractivity contribution in [1.29, 1.82) is 0 Å². The van der Waals surface area contributed by atoms with Gasteiger partial charge in [-0.2, -0.15) is 4.98 Å². The molecule has 0 radical (unpaired) electrons. The molecule has 1 atom stereocenters. The third-order valence-corrected chi connectivity index (χ3v) is 6.92. The Hall–Kier alpha value is -3.29. The average molecular weight is 459 g/mol. The maximum atomic E-state index is 5.81. The van der Waals surface area contributed by atoms with E-state index in [9.17, 15) is 0 Å². The molecule has 0 saturated heterocycles. The maximum Gasteiger partial charge on any atom is 0.258 e. The molecule has 7 heteroatoms. The molecular weight excluding hydrogens is 436 g/mol. The molecule has 2 aromatic carbocycles. The van der Waals surface area contributed by atoms with E-state index in [4.69, 9.17) is 21.7 Å². The molecule has 160 valence electrons. The standard InChI is InChI=1S/C25H22N4OS2/c1-16-9-6-7-12-19(16)15-29-17(2)21(22(26-25(29)31)18-10-4-3-5-11-18)24-27-23(28-30-24)20-13-8-14-32-20/h3-14,22H,15H2,1-2H3,(H,26,31). The SMILES string of the molecule is CC1=C(c2nc(-c3cccs3)no2)C(c2ccccc2)NC(=S)N1Cc1ccccc1C. The van der Waals surface area contributed by atoms with Crippen LogP contribution in [0.25, 0.3) is 16.3 Å². The Kier molecular flexibility index (Phi) is 5.59. The van der Waals surface area contributed by atoms with E-state index in [1.807, 2.05) is 35.7 Å². The smallest absolute Gasteiger partial charge is 0.258 e.